The Morgan fingerprint density at radius 1 is 1.38 bits per heavy atom. The van der Waals surface area contributed by atoms with Gasteiger partial charge in [0.15, 0.2) is 11.7 Å². The van der Waals surface area contributed by atoms with Gasteiger partial charge in [0.1, 0.15) is 5.01 Å². The Hall–Kier alpha value is -2.26. The summed E-state index contributed by atoms with van der Waals surface area (Å²) in [5.74, 6) is -1.42. The fourth-order valence-electron chi connectivity index (χ4n) is 1.93. The minimum absolute atomic E-state index is 0.170. The van der Waals surface area contributed by atoms with Crippen LogP contribution in [0.1, 0.15) is 30.2 Å². The molecular formula is C15H14N2O3S. The van der Waals surface area contributed by atoms with E-state index >= 15 is 0 Å². The van der Waals surface area contributed by atoms with Crippen LogP contribution < -0.4 is 0 Å². The number of carbonyl (C=O) groups excluding carboxylic acids is 2. The van der Waals surface area contributed by atoms with Crippen LogP contribution in [0.4, 0.5) is 0 Å². The number of esters is 1. The standard InChI is InChI=1S/C15H14N2O3S/c1-20-14(19)8-4-6-12(18)10(9-16)15-17-11-5-2-3-7-13(11)21-15/h2-3,5,7,10H,4,6,8H2,1H3. The number of hydrogen-bond donors (Lipinski definition) is 0. The van der Waals surface area contributed by atoms with Gasteiger partial charge in [0.2, 0.25) is 0 Å². The summed E-state index contributed by atoms with van der Waals surface area (Å²) in [4.78, 5) is 27.5. The monoisotopic (exact) mass is 302 g/mol. The van der Waals surface area contributed by atoms with Crippen LogP contribution in [-0.2, 0) is 14.3 Å². The molecule has 0 saturated carbocycles. The molecule has 21 heavy (non-hydrogen) atoms. The zero-order chi connectivity index (χ0) is 15.2. The Kier molecular flexibility index (Phi) is 5.01. The molecule has 0 radical (unpaired) electrons. The van der Waals surface area contributed by atoms with Gasteiger partial charge in [-0.3, -0.25) is 9.59 Å². The van der Waals surface area contributed by atoms with E-state index in [-0.39, 0.29) is 24.6 Å². The van der Waals surface area contributed by atoms with Gasteiger partial charge in [0, 0.05) is 12.8 Å². The van der Waals surface area contributed by atoms with Crippen molar-refractivity contribution in [2.45, 2.75) is 25.2 Å². The first kappa shape index (κ1) is 15.1. The van der Waals surface area contributed by atoms with Crippen molar-refractivity contribution in [3.8, 4) is 6.07 Å². The molecule has 5 nitrogen and oxygen atoms in total. The topological polar surface area (TPSA) is 80.0 Å². The van der Waals surface area contributed by atoms with Crippen molar-refractivity contribution in [3.05, 3.63) is 29.3 Å². The minimum Gasteiger partial charge on any atom is -0.469 e. The fraction of sp³-hybridized carbons (Fsp3) is 0.333. The van der Waals surface area contributed by atoms with Crippen molar-refractivity contribution in [3.63, 3.8) is 0 Å². The second-order valence-corrected chi connectivity index (χ2v) is 5.54. The number of hydrogen-bond acceptors (Lipinski definition) is 6. The summed E-state index contributed by atoms with van der Waals surface area (Å²) in [6.45, 7) is 0. The molecule has 0 aliphatic rings. The molecular weight excluding hydrogens is 288 g/mol. The van der Waals surface area contributed by atoms with E-state index in [9.17, 15) is 14.9 Å². The van der Waals surface area contributed by atoms with Crippen LogP contribution in [0.2, 0.25) is 0 Å². The predicted octanol–water partition coefficient (Wildman–Crippen LogP) is 2.82. The maximum Gasteiger partial charge on any atom is 0.305 e. The molecule has 0 fully saturated rings. The first-order chi connectivity index (χ1) is 10.2. The molecule has 2 aromatic rings. The number of nitrogens with zero attached hydrogens (tertiary/aromatic N) is 2. The number of ether oxygens (including phenoxy) is 1. The third-order valence-electron chi connectivity index (χ3n) is 3.04. The number of carbonyl (C=O) groups is 2. The molecule has 1 heterocycles. The van der Waals surface area contributed by atoms with Crippen molar-refractivity contribution >= 4 is 33.3 Å². The van der Waals surface area contributed by atoms with Gasteiger partial charge in [-0.05, 0) is 18.6 Å². The molecule has 1 aromatic heterocycles. The molecule has 0 bridgehead atoms. The number of thiazole rings is 1. The van der Waals surface area contributed by atoms with E-state index in [0.29, 0.717) is 11.4 Å². The largest absolute Gasteiger partial charge is 0.469 e. The van der Waals surface area contributed by atoms with E-state index in [1.54, 1.807) is 0 Å². The molecule has 1 unspecified atom stereocenters. The maximum atomic E-state index is 12.1. The Morgan fingerprint density at radius 2 is 2.14 bits per heavy atom. The second-order valence-electron chi connectivity index (χ2n) is 4.48. The van der Waals surface area contributed by atoms with Gasteiger partial charge < -0.3 is 4.74 Å². The highest BCUT2D eigenvalue weighted by atomic mass is 32.1. The lowest BCUT2D eigenvalue weighted by Crippen LogP contribution is -2.11. The highest BCUT2D eigenvalue weighted by Crippen LogP contribution is 2.28. The van der Waals surface area contributed by atoms with Gasteiger partial charge in [0.05, 0.1) is 23.4 Å². The van der Waals surface area contributed by atoms with Crippen LogP contribution in [0.15, 0.2) is 24.3 Å². The lowest BCUT2D eigenvalue weighted by Gasteiger charge is -2.04. The second kappa shape index (κ2) is 6.95. The Bertz CT molecular complexity index is 669. The predicted molar refractivity (Wildman–Crippen MR) is 78.8 cm³/mol. The van der Waals surface area contributed by atoms with Gasteiger partial charge in [-0.15, -0.1) is 11.3 Å². The molecule has 0 spiro atoms. The quantitative estimate of drug-likeness (QED) is 0.766. The number of nitriles is 1. The van der Waals surface area contributed by atoms with Crippen LogP contribution in [0, 0.1) is 11.3 Å². The minimum atomic E-state index is -0.861. The molecule has 2 rings (SSSR count). The van der Waals surface area contributed by atoms with Crippen molar-refractivity contribution in [1.82, 2.24) is 4.98 Å². The van der Waals surface area contributed by atoms with Crippen LogP contribution in [0.25, 0.3) is 10.2 Å². The number of Topliss-reactive ketones (excluding diaryl/α,β-unsaturated/α-hetero) is 1. The molecule has 0 amide bonds. The van der Waals surface area contributed by atoms with Gasteiger partial charge >= 0.3 is 5.97 Å². The first-order valence-electron chi connectivity index (χ1n) is 6.50. The fourth-order valence-corrected chi connectivity index (χ4v) is 2.97. The molecule has 1 atom stereocenters. The molecule has 0 N–H and O–H groups in total. The zero-order valence-corrected chi connectivity index (χ0v) is 12.4. The van der Waals surface area contributed by atoms with Gasteiger partial charge in [0.25, 0.3) is 0 Å². The van der Waals surface area contributed by atoms with Gasteiger partial charge in [-0.25, -0.2) is 4.98 Å². The summed E-state index contributed by atoms with van der Waals surface area (Å²) in [6, 6.07) is 9.53. The normalized spacial score (nSPS) is 11.8. The maximum absolute atomic E-state index is 12.1. The summed E-state index contributed by atoms with van der Waals surface area (Å²) in [6.07, 6.45) is 0.734. The highest BCUT2D eigenvalue weighted by molar-refractivity contribution is 7.18. The van der Waals surface area contributed by atoms with E-state index in [1.807, 2.05) is 30.3 Å². The number of rotatable bonds is 6. The summed E-state index contributed by atoms with van der Waals surface area (Å²) in [5, 5.41) is 9.75. The van der Waals surface area contributed by atoms with E-state index < -0.39 is 5.92 Å². The number of aromatic nitrogens is 1. The Balaban J connectivity index is 2.06. The number of para-hydroxylation sites is 1. The van der Waals surface area contributed by atoms with E-state index in [0.717, 1.165) is 10.2 Å². The zero-order valence-electron chi connectivity index (χ0n) is 11.5. The number of benzene rings is 1. The molecule has 0 aliphatic heterocycles. The molecule has 0 aliphatic carbocycles. The lowest BCUT2D eigenvalue weighted by atomic mass is 10.0. The Morgan fingerprint density at radius 3 is 2.81 bits per heavy atom. The number of fused-ring (bicyclic) bond motifs is 1. The lowest BCUT2D eigenvalue weighted by molar-refractivity contribution is -0.140. The van der Waals surface area contributed by atoms with E-state index in [1.165, 1.54) is 18.4 Å². The molecule has 1 aromatic carbocycles. The van der Waals surface area contributed by atoms with Crippen LogP contribution in [0.5, 0.6) is 0 Å². The molecule has 0 saturated heterocycles. The van der Waals surface area contributed by atoms with Crippen LogP contribution in [0.3, 0.4) is 0 Å². The van der Waals surface area contributed by atoms with Crippen molar-refractivity contribution in [1.29, 1.82) is 5.26 Å². The Labute approximate surface area is 126 Å². The molecule has 108 valence electrons. The number of methoxy groups -OCH3 is 1. The van der Waals surface area contributed by atoms with E-state index in [2.05, 4.69) is 9.72 Å². The number of ketones is 1. The van der Waals surface area contributed by atoms with Gasteiger partial charge in [-0.2, -0.15) is 5.26 Å². The van der Waals surface area contributed by atoms with Crippen LogP contribution in [-0.4, -0.2) is 23.8 Å². The first-order valence-corrected chi connectivity index (χ1v) is 7.32. The average molecular weight is 302 g/mol. The highest BCUT2D eigenvalue weighted by Gasteiger charge is 2.23. The average Bonchev–Trinajstić information content (AvgIpc) is 2.91. The molecule has 6 heteroatoms. The van der Waals surface area contributed by atoms with E-state index in [4.69, 9.17) is 0 Å². The van der Waals surface area contributed by atoms with Crippen molar-refractivity contribution in [2.75, 3.05) is 7.11 Å². The van der Waals surface area contributed by atoms with Crippen LogP contribution >= 0.6 is 11.3 Å². The van der Waals surface area contributed by atoms with Gasteiger partial charge in [-0.1, -0.05) is 12.1 Å². The third kappa shape index (κ3) is 3.64. The smallest absolute Gasteiger partial charge is 0.305 e. The summed E-state index contributed by atoms with van der Waals surface area (Å²) < 4.78 is 5.47. The third-order valence-corrected chi connectivity index (χ3v) is 4.14. The summed E-state index contributed by atoms with van der Waals surface area (Å²) >= 11 is 1.36. The summed E-state index contributed by atoms with van der Waals surface area (Å²) in [7, 11) is 1.31. The van der Waals surface area contributed by atoms with Crippen molar-refractivity contribution < 1.29 is 14.3 Å². The SMILES string of the molecule is COC(=O)CCCC(=O)C(C#N)c1nc2ccccc2s1. The summed E-state index contributed by atoms with van der Waals surface area (Å²) in [5.41, 5.74) is 0.792. The van der Waals surface area contributed by atoms with Crippen molar-refractivity contribution in [2.24, 2.45) is 0 Å².